The lowest BCUT2D eigenvalue weighted by Crippen LogP contribution is -2.71. The van der Waals surface area contributed by atoms with Crippen molar-refractivity contribution < 1.29 is 104 Å². The maximum Gasteiger partial charge on any atom is 0.364 e. The minimum atomic E-state index is -3.05. The van der Waals surface area contributed by atoms with Gasteiger partial charge in [0, 0.05) is 19.9 Å². The zero-order valence-electron chi connectivity index (χ0n) is 28.1. The van der Waals surface area contributed by atoms with E-state index in [1.54, 1.807) is 0 Å². The smallest absolute Gasteiger partial charge is 0.364 e. The fourth-order valence-electron chi connectivity index (χ4n) is 6.67. The molecule has 0 spiro atoms. The number of carboxylic acid groups (broad SMARTS) is 1. The average Bonchev–Trinajstić information content (AvgIpc) is 3.10. The lowest BCUT2D eigenvalue weighted by molar-refractivity contribution is -0.380. The van der Waals surface area contributed by atoms with E-state index in [0.717, 1.165) is 6.92 Å². The van der Waals surface area contributed by atoms with Crippen molar-refractivity contribution in [1.82, 2.24) is 10.6 Å². The fourth-order valence-corrected chi connectivity index (χ4v) is 6.67. The minimum absolute atomic E-state index is 0.213. The standard InChI is InChI=1S/C29H50N2O21/c1-8-16(39)19(42)20(43)26(47-8)50-23-12(37)4-30-10(5-32)22(23)49-27-21(44)25(18(41)14(7-34)48-27)52-29(28(45)46)3-11(36)15(31-9(2)35)24(51-29)17(40)13(38)6-33/h8,10-27,30,32-34,36-44H,3-7H2,1-2H3,(H,31,35)(H,45,46)/t8-,10+,11-,12-,13?,14+,15+,16+,17?,18-,19+,20-,21+,22+,23+,24+,25-,26-,27-,29-/m0/s1. The summed E-state index contributed by atoms with van der Waals surface area (Å²) < 4.78 is 34.0. The van der Waals surface area contributed by atoms with Crippen LogP contribution in [0.2, 0.25) is 0 Å². The van der Waals surface area contributed by atoms with Crippen molar-refractivity contribution in [3.8, 4) is 0 Å². The summed E-state index contributed by atoms with van der Waals surface area (Å²) in [7, 11) is 0. The van der Waals surface area contributed by atoms with Crippen LogP contribution in [0, 0.1) is 0 Å². The van der Waals surface area contributed by atoms with Crippen molar-refractivity contribution in [2.24, 2.45) is 0 Å². The summed E-state index contributed by atoms with van der Waals surface area (Å²) in [4.78, 5) is 24.6. The van der Waals surface area contributed by atoms with Crippen molar-refractivity contribution in [1.29, 1.82) is 0 Å². The highest BCUT2D eigenvalue weighted by Gasteiger charge is 2.60. The van der Waals surface area contributed by atoms with Crippen molar-refractivity contribution in [3.63, 3.8) is 0 Å². The first-order chi connectivity index (χ1) is 24.4. The number of carbonyl (C=O) groups excluding carboxylic acids is 1. The number of aliphatic carboxylic acids is 1. The Morgan fingerprint density at radius 1 is 0.846 bits per heavy atom. The molecule has 0 saturated carbocycles. The Morgan fingerprint density at radius 2 is 1.48 bits per heavy atom. The molecule has 0 bridgehead atoms. The van der Waals surface area contributed by atoms with E-state index in [4.69, 9.17) is 28.4 Å². The Kier molecular flexibility index (Phi) is 14.7. The molecule has 4 aliphatic rings. The number of piperidine rings is 1. The summed E-state index contributed by atoms with van der Waals surface area (Å²) >= 11 is 0. The molecule has 4 rings (SSSR count). The predicted molar refractivity (Wildman–Crippen MR) is 162 cm³/mol. The van der Waals surface area contributed by atoms with E-state index in [1.165, 1.54) is 6.92 Å². The third-order valence-corrected chi connectivity index (χ3v) is 9.61. The maximum atomic E-state index is 12.8. The monoisotopic (exact) mass is 762 g/mol. The second-order valence-electron chi connectivity index (χ2n) is 13.3. The Hall–Kier alpha value is -1.82. The molecular formula is C29H50N2O21. The number of carboxylic acids is 1. The van der Waals surface area contributed by atoms with Crippen LogP contribution >= 0.6 is 0 Å². The van der Waals surface area contributed by atoms with Crippen molar-refractivity contribution in [2.75, 3.05) is 26.4 Å². The Balaban J connectivity index is 1.64. The molecule has 4 saturated heterocycles. The highest BCUT2D eigenvalue weighted by Crippen LogP contribution is 2.38. The zero-order chi connectivity index (χ0) is 38.8. The molecule has 20 atom stereocenters. The van der Waals surface area contributed by atoms with Gasteiger partial charge in [0.15, 0.2) is 12.6 Å². The van der Waals surface area contributed by atoms with E-state index >= 15 is 0 Å². The van der Waals surface area contributed by atoms with Crippen LogP contribution in [0.5, 0.6) is 0 Å². The summed E-state index contributed by atoms with van der Waals surface area (Å²) in [6, 6.07) is -2.67. The number of aliphatic hydroxyl groups is 12. The molecule has 302 valence electrons. The van der Waals surface area contributed by atoms with Crippen LogP contribution in [-0.2, 0) is 38.0 Å². The molecule has 4 heterocycles. The van der Waals surface area contributed by atoms with E-state index in [-0.39, 0.29) is 6.54 Å². The summed E-state index contributed by atoms with van der Waals surface area (Å²) in [5.74, 6) is -5.79. The number of β-amino-alcohol motifs (C(OH)–C–C–N with tert-alkyl or cyclic N) is 1. The van der Waals surface area contributed by atoms with Gasteiger partial charge in [-0.25, -0.2) is 4.79 Å². The largest absolute Gasteiger partial charge is 0.477 e. The van der Waals surface area contributed by atoms with E-state index in [2.05, 4.69) is 10.6 Å². The van der Waals surface area contributed by atoms with E-state index in [9.17, 15) is 76.0 Å². The molecule has 2 unspecified atom stereocenters. The highest BCUT2D eigenvalue weighted by atomic mass is 16.8. The second kappa shape index (κ2) is 17.8. The van der Waals surface area contributed by atoms with Gasteiger partial charge in [-0.1, -0.05) is 0 Å². The number of aliphatic hydroxyl groups excluding tert-OH is 12. The third-order valence-electron chi connectivity index (χ3n) is 9.61. The minimum Gasteiger partial charge on any atom is -0.477 e. The molecule has 23 heteroatoms. The summed E-state index contributed by atoms with van der Waals surface area (Å²) in [6.07, 6.45) is -31.3. The molecule has 1 amide bonds. The summed E-state index contributed by atoms with van der Waals surface area (Å²) in [6.45, 7) is -0.533. The van der Waals surface area contributed by atoms with E-state index in [0.29, 0.717) is 0 Å². The number of amides is 1. The Bertz CT molecular complexity index is 1190. The lowest BCUT2D eigenvalue weighted by atomic mass is 9.88. The van der Waals surface area contributed by atoms with Gasteiger partial charge in [-0.3, -0.25) is 4.79 Å². The third kappa shape index (κ3) is 8.83. The molecule has 0 aromatic heterocycles. The fraction of sp³-hybridized carbons (Fsp3) is 0.931. The number of ether oxygens (including phenoxy) is 6. The Labute approximate surface area is 295 Å². The zero-order valence-corrected chi connectivity index (χ0v) is 28.1. The molecular weight excluding hydrogens is 712 g/mol. The summed E-state index contributed by atoms with van der Waals surface area (Å²) in [5, 5.41) is 141. The van der Waals surface area contributed by atoms with Crippen LogP contribution in [0.3, 0.4) is 0 Å². The van der Waals surface area contributed by atoms with Crippen molar-refractivity contribution >= 4 is 11.9 Å². The number of hydrogen-bond donors (Lipinski definition) is 15. The normalized spacial score (nSPS) is 47.0. The van der Waals surface area contributed by atoms with E-state index < -0.39 is 160 Å². The van der Waals surface area contributed by atoms with Gasteiger partial charge in [0.25, 0.3) is 5.79 Å². The maximum absolute atomic E-state index is 12.8. The van der Waals surface area contributed by atoms with Gasteiger partial charge in [-0.05, 0) is 6.92 Å². The van der Waals surface area contributed by atoms with Gasteiger partial charge in [0.05, 0.1) is 50.2 Å². The van der Waals surface area contributed by atoms with Crippen LogP contribution in [0.25, 0.3) is 0 Å². The molecule has 0 radical (unpaired) electrons. The van der Waals surface area contributed by atoms with Gasteiger partial charge in [0.2, 0.25) is 5.91 Å². The van der Waals surface area contributed by atoms with Gasteiger partial charge in [-0.2, -0.15) is 0 Å². The first-order valence-corrected chi connectivity index (χ1v) is 16.6. The van der Waals surface area contributed by atoms with Crippen LogP contribution in [0.1, 0.15) is 20.3 Å². The summed E-state index contributed by atoms with van der Waals surface area (Å²) in [5.41, 5.74) is 0. The molecule has 4 fully saturated rings. The van der Waals surface area contributed by atoms with Gasteiger partial charge < -0.3 is 105 Å². The van der Waals surface area contributed by atoms with Crippen LogP contribution in [-0.4, -0.2) is 227 Å². The molecule has 4 aliphatic heterocycles. The number of carbonyl (C=O) groups is 2. The topological polar surface area (TPSA) is 377 Å². The van der Waals surface area contributed by atoms with Crippen molar-refractivity contribution in [3.05, 3.63) is 0 Å². The van der Waals surface area contributed by atoms with Gasteiger partial charge in [-0.15, -0.1) is 0 Å². The predicted octanol–water partition coefficient (Wildman–Crippen LogP) is -9.12. The lowest BCUT2D eigenvalue weighted by Gasteiger charge is -2.51. The molecule has 0 aromatic carbocycles. The molecule has 52 heavy (non-hydrogen) atoms. The van der Waals surface area contributed by atoms with Gasteiger partial charge >= 0.3 is 5.97 Å². The Morgan fingerprint density at radius 3 is 2.06 bits per heavy atom. The SMILES string of the molecule is CC(=O)N[C@@H]1[C@@H](O)C[C@](O[C@H]2[C@@H](O)[C@@H](CO)O[C@@H](O[C@H]3[C@H](O[C@@H]4O[C@@H](C)[C@@H](O)[C@@H](O)[C@@H]4O)[C@@H](O)CN[C@@H]3CO)[C@@H]2O)(C(=O)O)O[C@H]1C(O)C(O)CO. The van der Waals surface area contributed by atoms with Crippen LogP contribution in [0.4, 0.5) is 0 Å². The van der Waals surface area contributed by atoms with Crippen LogP contribution in [0.15, 0.2) is 0 Å². The molecule has 15 N–H and O–H groups in total. The quantitative estimate of drug-likeness (QED) is 0.0828. The second-order valence-corrected chi connectivity index (χ2v) is 13.3. The molecule has 23 nitrogen and oxygen atoms in total. The average molecular weight is 763 g/mol. The number of hydrogen-bond acceptors (Lipinski definition) is 21. The highest BCUT2D eigenvalue weighted by molar-refractivity contribution is 5.76. The number of nitrogens with one attached hydrogen (secondary N) is 2. The number of rotatable bonds is 13. The first-order valence-electron chi connectivity index (χ1n) is 16.6. The first kappa shape index (κ1) is 42.9. The molecule has 0 aliphatic carbocycles. The van der Waals surface area contributed by atoms with Crippen molar-refractivity contribution in [2.45, 2.75) is 142 Å². The van der Waals surface area contributed by atoms with Gasteiger partial charge in [0.1, 0.15) is 73.2 Å². The molecule has 0 aromatic rings. The van der Waals surface area contributed by atoms with E-state index in [1.807, 2.05) is 0 Å². The van der Waals surface area contributed by atoms with Crippen LogP contribution < -0.4 is 10.6 Å².